The third-order valence-corrected chi connectivity index (χ3v) is 3.64. The minimum Gasteiger partial charge on any atom is -0.504 e. The second kappa shape index (κ2) is 9.64. The zero-order valence-corrected chi connectivity index (χ0v) is 14.0. The summed E-state index contributed by atoms with van der Waals surface area (Å²) >= 11 is 0. The molecule has 0 bridgehead atoms. The number of carbonyl (C=O) groups excluding carboxylic acids is 1. The van der Waals surface area contributed by atoms with Crippen molar-refractivity contribution in [2.45, 2.75) is 19.3 Å². The number of amides is 1. The van der Waals surface area contributed by atoms with Crippen LogP contribution in [0.4, 0.5) is 4.39 Å². The standard InChI is InChI=1S/C19H23FN2O3/c20-16-6-3-14(4-7-16)2-1-10-22-19(24)13-15-5-8-18(17(23)12-15)25-11-9-21/h3-8,12,23H,1-2,9-11,13,21H2,(H,22,24). The highest BCUT2D eigenvalue weighted by Gasteiger charge is 2.07. The maximum absolute atomic E-state index is 12.8. The minimum absolute atomic E-state index is 0.00457. The number of aryl methyl sites for hydroxylation is 1. The first kappa shape index (κ1) is 18.7. The topological polar surface area (TPSA) is 84.6 Å². The minimum atomic E-state index is -0.250. The van der Waals surface area contributed by atoms with Gasteiger partial charge in [-0.2, -0.15) is 0 Å². The van der Waals surface area contributed by atoms with Crippen LogP contribution in [-0.2, 0) is 17.6 Å². The van der Waals surface area contributed by atoms with E-state index in [1.807, 2.05) is 0 Å². The van der Waals surface area contributed by atoms with Gasteiger partial charge >= 0.3 is 0 Å². The molecule has 1 amide bonds. The van der Waals surface area contributed by atoms with Crippen molar-refractivity contribution in [2.24, 2.45) is 5.73 Å². The number of nitrogens with two attached hydrogens (primary N) is 1. The Morgan fingerprint density at radius 2 is 1.88 bits per heavy atom. The van der Waals surface area contributed by atoms with E-state index in [9.17, 15) is 14.3 Å². The van der Waals surface area contributed by atoms with Gasteiger partial charge in [0.15, 0.2) is 11.5 Å². The second-order valence-corrected chi connectivity index (χ2v) is 5.70. The number of phenols is 1. The van der Waals surface area contributed by atoms with Crippen molar-refractivity contribution in [3.63, 3.8) is 0 Å². The molecule has 0 saturated heterocycles. The highest BCUT2D eigenvalue weighted by molar-refractivity contribution is 5.78. The van der Waals surface area contributed by atoms with Crippen molar-refractivity contribution in [1.29, 1.82) is 0 Å². The van der Waals surface area contributed by atoms with Gasteiger partial charge in [-0.3, -0.25) is 4.79 Å². The Bertz CT molecular complexity index is 690. The highest BCUT2D eigenvalue weighted by Crippen LogP contribution is 2.26. The Morgan fingerprint density at radius 1 is 1.16 bits per heavy atom. The van der Waals surface area contributed by atoms with E-state index >= 15 is 0 Å². The number of phenolic OH excluding ortho intramolecular Hbond substituents is 1. The normalized spacial score (nSPS) is 10.5. The molecule has 0 saturated carbocycles. The van der Waals surface area contributed by atoms with E-state index in [1.54, 1.807) is 24.3 Å². The number of halogens is 1. The van der Waals surface area contributed by atoms with Gasteiger partial charge in [-0.15, -0.1) is 0 Å². The number of benzene rings is 2. The van der Waals surface area contributed by atoms with Crippen molar-refractivity contribution in [1.82, 2.24) is 5.32 Å². The van der Waals surface area contributed by atoms with Crippen molar-refractivity contribution < 1.29 is 19.0 Å². The van der Waals surface area contributed by atoms with Gasteiger partial charge in [0, 0.05) is 13.1 Å². The number of aromatic hydroxyl groups is 1. The quantitative estimate of drug-likeness (QED) is 0.608. The first-order valence-electron chi connectivity index (χ1n) is 8.24. The summed E-state index contributed by atoms with van der Waals surface area (Å²) in [6.07, 6.45) is 1.73. The van der Waals surface area contributed by atoms with Crippen LogP contribution >= 0.6 is 0 Å². The average Bonchev–Trinajstić information content (AvgIpc) is 2.59. The lowest BCUT2D eigenvalue weighted by Crippen LogP contribution is -2.26. The molecule has 4 N–H and O–H groups in total. The van der Waals surface area contributed by atoms with Crippen LogP contribution in [0.5, 0.6) is 11.5 Å². The van der Waals surface area contributed by atoms with E-state index in [0.29, 0.717) is 31.0 Å². The number of ether oxygens (including phenoxy) is 1. The molecule has 0 spiro atoms. The lowest BCUT2D eigenvalue weighted by molar-refractivity contribution is -0.120. The molecule has 0 aliphatic heterocycles. The van der Waals surface area contributed by atoms with Crippen molar-refractivity contribution in [3.05, 3.63) is 59.4 Å². The van der Waals surface area contributed by atoms with Gasteiger partial charge < -0.3 is 20.9 Å². The van der Waals surface area contributed by atoms with Crippen molar-refractivity contribution in [2.75, 3.05) is 19.7 Å². The van der Waals surface area contributed by atoms with E-state index in [-0.39, 0.29) is 23.9 Å². The summed E-state index contributed by atoms with van der Waals surface area (Å²) in [5.74, 6) is -0.0159. The van der Waals surface area contributed by atoms with Crippen LogP contribution in [0.3, 0.4) is 0 Å². The van der Waals surface area contributed by atoms with E-state index in [4.69, 9.17) is 10.5 Å². The van der Waals surface area contributed by atoms with Crippen molar-refractivity contribution in [3.8, 4) is 11.5 Å². The average molecular weight is 346 g/mol. The molecule has 0 heterocycles. The molecule has 0 radical (unpaired) electrons. The predicted octanol–water partition coefficient (Wildman–Crippen LogP) is 2.16. The maximum atomic E-state index is 12.8. The van der Waals surface area contributed by atoms with Crippen LogP contribution in [-0.4, -0.2) is 30.7 Å². The summed E-state index contributed by atoms with van der Waals surface area (Å²) in [6.45, 7) is 1.23. The molecule has 2 rings (SSSR count). The Morgan fingerprint density at radius 3 is 2.56 bits per heavy atom. The molecular formula is C19H23FN2O3. The SMILES string of the molecule is NCCOc1ccc(CC(=O)NCCCc2ccc(F)cc2)cc1O. The first-order valence-corrected chi connectivity index (χ1v) is 8.24. The molecule has 2 aromatic carbocycles. The molecule has 0 unspecified atom stereocenters. The Balaban J connectivity index is 1.72. The number of nitrogens with one attached hydrogen (secondary N) is 1. The van der Waals surface area contributed by atoms with Crippen LogP contribution in [0.15, 0.2) is 42.5 Å². The molecule has 5 nitrogen and oxygen atoms in total. The Hall–Kier alpha value is -2.60. The molecule has 6 heteroatoms. The summed E-state index contributed by atoms with van der Waals surface area (Å²) in [4.78, 5) is 11.9. The van der Waals surface area contributed by atoms with Crippen molar-refractivity contribution >= 4 is 5.91 Å². The van der Waals surface area contributed by atoms with Gasteiger partial charge in [0.1, 0.15) is 12.4 Å². The zero-order chi connectivity index (χ0) is 18.1. The molecule has 0 aliphatic carbocycles. The maximum Gasteiger partial charge on any atom is 0.224 e. The van der Waals surface area contributed by atoms with Gasteiger partial charge in [-0.05, 0) is 48.2 Å². The van der Waals surface area contributed by atoms with Crippen LogP contribution in [0.25, 0.3) is 0 Å². The lowest BCUT2D eigenvalue weighted by atomic mass is 10.1. The Labute approximate surface area is 146 Å². The third kappa shape index (κ3) is 6.43. The fraction of sp³-hybridized carbons (Fsp3) is 0.316. The molecule has 134 valence electrons. The van der Waals surface area contributed by atoms with Crippen LogP contribution in [0.1, 0.15) is 17.5 Å². The summed E-state index contributed by atoms with van der Waals surface area (Å²) in [5, 5.41) is 12.7. The van der Waals surface area contributed by atoms with E-state index < -0.39 is 0 Å². The van der Waals surface area contributed by atoms with Crippen LogP contribution < -0.4 is 15.8 Å². The number of carbonyl (C=O) groups is 1. The third-order valence-electron chi connectivity index (χ3n) is 3.64. The van der Waals surface area contributed by atoms with Gasteiger partial charge in [-0.25, -0.2) is 4.39 Å². The fourth-order valence-electron chi connectivity index (χ4n) is 2.38. The van der Waals surface area contributed by atoms with Gasteiger partial charge in [0.2, 0.25) is 5.91 Å². The smallest absolute Gasteiger partial charge is 0.224 e. The van der Waals surface area contributed by atoms with E-state index in [2.05, 4.69) is 5.32 Å². The summed E-state index contributed by atoms with van der Waals surface area (Å²) in [7, 11) is 0. The largest absolute Gasteiger partial charge is 0.504 e. The summed E-state index contributed by atoms with van der Waals surface area (Å²) < 4.78 is 18.1. The fourth-order valence-corrected chi connectivity index (χ4v) is 2.38. The monoisotopic (exact) mass is 346 g/mol. The van der Waals surface area contributed by atoms with E-state index in [1.165, 1.54) is 18.2 Å². The van der Waals surface area contributed by atoms with Gasteiger partial charge in [-0.1, -0.05) is 18.2 Å². The highest BCUT2D eigenvalue weighted by atomic mass is 19.1. The molecule has 25 heavy (non-hydrogen) atoms. The number of rotatable bonds is 9. The van der Waals surface area contributed by atoms with Crippen LogP contribution in [0.2, 0.25) is 0 Å². The molecule has 2 aromatic rings. The van der Waals surface area contributed by atoms with Crippen LogP contribution in [0, 0.1) is 5.82 Å². The lowest BCUT2D eigenvalue weighted by Gasteiger charge is -2.09. The zero-order valence-electron chi connectivity index (χ0n) is 14.0. The summed E-state index contributed by atoms with van der Waals surface area (Å²) in [6, 6.07) is 11.2. The second-order valence-electron chi connectivity index (χ2n) is 5.70. The Kier molecular flexibility index (Phi) is 7.22. The summed E-state index contributed by atoms with van der Waals surface area (Å²) in [5.41, 5.74) is 7.09. The first-order chi connectivity index (χ1) is 12.1. The predicted molar refractivity (Wildman–Crippen MR) is 94.1 cm³/mol. The molecule has 0 atom stereocenters. The molecule has 0 aromatic heterocycles. The molecule has 0 fully saturated rings. The number of hydrogen-bond acceptors (Lipinski definition) is 4. The number of hydrogen-bond donors (Lipinski definition) is 3. The molecule has 0 aliphatic rings. The van der Waals surface area contributed by atoms with Gasteiger partial charge in [0.05, 0.1) is 6.42 Å². The van der Waals surface area contributed by atoms with Gasteiger partial charge in [0.25, 0.3) is 0 Å². The van der Waals surface area contributed by atoms with E-state index in [0.717, 1.165) is 18.4 Å². The molecular weight excluding hydrogens is 323 g/mol.